The number of hydrogen-bond acceptors (Lipinski definition) is 6. The van der Waals surface area contributed by atoms with E-state index in [4.69, 9.17) is 18.0 Å². The highest BCUT2D eigenvalue weighted by Crippen LogP contribution is 2.22. The van der Waals surface area contributed by atoms with Gasteiger partial charge in [-0.15, -0.1) is 0 Å². The van der Waals surface area contributed by atoms with E-state index in [1.807, 2.05) is 0 Å². The lowest BCUT2D eigenvalue weighted by Gasteiger charge is -2.24. The minimum Gasteiger partial charge on any atom is -0.468 e. The van der Waals surface area contributed by atoms with Gasteiger partial charge in [0.2, 0.25) is 0 Å². The van der Waals surface area contributed by atoms with Crippen molar-refractivity contribution >= 4 is 34.8 Å². The molecule has 1 rings (SSSR count). The summed E-state index contributed by atoms with van der Waals surface area (Å²) < 4.78 is 22.5. The Morgan fingerprint density at radius 1 is 1.24 bits per heavy atom. The van der Waals surface area contributed by atoms with Gasteiger partial charge in [0.25, 0.3) is 0 Å². The standard InChI is InChI=1S/C13H15FN2O4S/c1-19-11(17)6-16(7-12(18)20-2)10-4-3-8(14)5-9(10)13(15)21/h3-5H,6-7H2,1-2H3,(H2,15,21). The zero-order chi connectivity index (χ0) is 16.0. The maximum Gasteiger partial charge on any atom is 0.325 e. The van der Waals surface area contributed by atoms with Gasteiger partial charge in [-0.1, -0.05) is 12.2 Å². The molecule has 0 bridgehead atoms. The van der Waals surface area contributed by atoms with Crippen molar-refractivity contribution < 1.29 is 23.5 Å². The number of rotatable bonds is 6. The fraction of sp³-hybridized carbons (Fsp3) is 0.308. The van der Waals surface area contributed by atoms with Crippen molar-refractivity contribution in [2.45, 2.75) is 0 Å². The summed E-state index contributed by atoms with van der Waals surface area (Å²) in [6, 6.07) is 3.70. The van der Waals surface area contributed by atoms with Gasteiger partial charge < -0.3 is 20.1 Å². The van der Waals surface area contributed by atoms with Crippen molar-refractivity contribution in [3.63, 3.8) is 0 Å². The second-order valence-electron chi connectivity index (χ2n) is 4.03. The van der Waals surface area contributed by atoms with Crippen LogP contribution in [0.5, 0.6) is 0 Å². The molecular formula is C13H15FN2O4S. The van der Waals surface area contributed by atoms with Crippen molar-refractivity contribution in [1.82, 2.24) is 0 Å². The van der Waals surface area contributed by atoms with Crippen LogP contribution in [0.15, 0.2) is 18.2 Å². The Morgan fingerprint density at radius 3 is 2.19 bits per heavy atom. The van der Waals surface area contributed by atoms with E-state index in [2.05, 4.69) is 9.47 Å². The summed E-state index contributed by atoms with van der Waals surface area (Å²) in [4.78, 5) is 24.2. The van der Waals surface area contributed by atoms with E-state index < -0.39 is 17.8 Å². The van der Waals surface area contributed by atoms with Gasteiger partial charge in [0.05, 0.1) is 14.2 Å². The molecule has 0 amide bonds. The van der Waals surface area contributed by atoms with E-state index in [9.17, 15) is 14.0 Å². The van der Waals surface area contributed by atoms with Crippen LogP contribution >= 0.6 is 12.2 Å². The van der Waals surface area contributed by atoms with Crippen molar-refractivity contribution in [2.24, 2.45) is 5.73 Å². The molecule has 1 aromatic rings. The third-order valence-electron chi connectivity index (χ3n) is 2.66. The highest BCUT2D eigenvalue weighted by atomic mass is 32.1. The molecule has 0 heterocycles. The SMILES string of the molecule is COC(=O)CN(CC(=O)OC)c1ccc(F)cc1C(N)=S. The first kappa shape index (κ1) is 16.8. The smallest absolute Gasteiger partial charge is 0.325 e. The summed E-state index contributed by atoms with van der Waals surface area (Å²) in [5, 5.41) is 0. The number of nitrogens with two attached hydrogens (primary N) is 1. The molecule has 0 atom stereocenters. The van der Waals surface area contributed by atoms with Crippen LogP contribution in [0.1, 0.15) is 5.56 Å². The second-order valence-corrected chi connectivity index (χ2v) is 4.47. The molecular weight excluding hydrogens is 299 g/mol. The average Bonchev–Trinajstić information content (AvgIpc) is 2.45. The zero-order valence-electron chi connectivity index (χ0n) is 11.6. The Balaban J connectivity index is 3.21. The number of nitrogens with zero attached hydrogens (tertiary/aromatic N) is 1. The molecule has 0 fully saturated rings. The van der Waals surface area contributed by atoms with Gasteiger partial charge in [-0.25, -0.2) is 4.39 Å². The van der Waals surface area contributed by atoms with Crippen LogP contribution in [0, 0.1) is 5.82 Å². The van der Waals surface area contributed by atoms with Crippen molar-refractivity contribution in [3.05, 3.63) is 29.6 Å². The second kappa shape index (κ2) is 7.53. The van der Waals surface area contributed by atoms with E-state index in [-0.39, 0.29) is 23.6 Å². The number of halogens is 1. The van der Waals surface area contributed by atoms with Crippen molar-refractivity contribution in [1.29, 1.82) is 0 Å². The molecule has 2 N–H and O–H groups in total. The van der Waals surface area contributed by atoms with E-state index in [1.165, 1.54) is 31.3 Å². The Bertz CT molecular complexity index is 547. The van der Waals surface area contributed by atoms with Gasteiger partial charge in [-0.3, -0.25) is 9.59 Å². The highest BCUT2D eigenvalue weighted by molar-refractivity contribution is 7.80. The molecule has 0 saturated carbocycles. The van der Waals surface area contributed by atoms with Crippen LogP contribution in [0.25, 0.3) is 0 Å². The van der Waals surface area contributed by atoms with Gasteiger partial charge in [0.15, 0.2) is 0 Å². The predicted molar refractivity (Wildman–Crippen MR) is 78.5 cm³/mol. The number of methoxy groups -OCH3 is 2. The summed E-state index contributed by atoms with van der Waals surface area (Å²) in [6.07, 6.45) is 0. The van der Waals surface area contributed by atoms with Crippen LogP contribution in [0.4, 0.5) is 10.1 Å². The molecule has 21 heavy (non-hydrogen) atoms. The Hall–Kier alpha value is -2.22. The van der Waals surface area contributed by atoms with E-state index in [0.717, 1.165) is 6.07 Å². The van der Waals surface area contributed by atoms with E-state index in [1.54, 1.807) is 0 Å². The van der Waals surface area contributed by atoms with Crippen LogP contribution in [-0.4, -0.2) is 44.2 Å². The number of hydrogen-bond donors (Lipinski definition) is 1. The van der Waals surface area contributed by atoms with Crippen LogP contribution in [-0.2, 0) is 19.1 Å². The third kappa shape index (κ3) is 4.67. The van der Waals surface area contributed by atoms with Crippen molar-refractivity contribution in [2.75, 3.05) is 32.2 Å². The highest BCUT2D eigenvalue weighted by Gasteiger charge is 2.20. The first-order chi connectivity index (χ1) is 9.88. The molecule has 0 radical (unpaired) electrons. The number of thiocarbonyl (C=S) groups is 1. The number of ether oxygens (including phenoxy) is 2. The lowest BCUT2D eigenvalue weighted by molar-refractivity contribution is -0.140. The molecule has 0 spiro atoms. The Kier molecular flexibility index (Phi) is 6.04. The number of carbonyl (C=O) groups excluding carboxylic acids is 2. The molecule has 0 aliphatic carbocycles. The van der Waals surface area contributed by atoms with Gasteiger partial charge in [0, 0.05) is 11.3 Å². The molecule has 1 aromatic carbocycles. The third-order valence-corrected chi connectivity index (χ3v) is 2.88. The van der Waals surface area contributed by atoms with Crippen molar-refractivity contribution in [3.8, 4) is 0 Å². The zero-order valence-corrected chi connectivity index (χ0v) is 12.4. The summed E-state index contributed by atoms with van der Waals surface area (Å²) in [5.74, 6) is -1.67. The maximum absolute atomic E-state index is 13.3. The molecule has 0 unspecified atom stereocenters. The molecule has 6 nitrogen and oxygen atoms in total. The van der Waals surface area contributed by atoms with Gasteiger partial charge in [-0.2, -0.15) is 0 Å². The van der Waals surface area contributed by atoms with Crippen LogP contribution < -0.4 is 10.6 Å². The lowest BCUT2D eigenvalue weighted by atomic mass is 10.1. The fourth-order valence-electron chi connectivity index (χ4n) is 1.65. The average molecular weight is 314 g/mol. The summed E-state index contributed by atoms with van der Waals surface area (Å²) in [5.41, 5.74) is 6.12. The van der Waals surface area contributed by atoms with Gasteiger partial charge in [0.1, 0.15) is 23.9 Å². The Labute approximate surface area is 126 Å². The topological polar surface area (TPSA) is 81.9 Å². The fourth-order valence-corrected chi connectivity index (χ4v) is 1.81. The molecule has 0 aromatic heterocycles. The number of esters is 2. The molecule has 0 saturated heterocycles. The normalized spacial score (nSPS) is 9.86. The lowest BCUT2D eigenvalue weighted by Crippen LogP contribution is -2.37. The van der Waals surface area contributed by atoms with E-state index in [0.29, 0.717) is 5.69 Å². The maximum atomic E-state index is 13.3. The molecule has 8 heteroatoms. The van der Waals surface area contributed by atoms with Gasteiger partial charge in [-0.05, 0) is 18.2 Å². The molecule has 114 valence electrons. The largest absolute Gasteiger partial charge is 0.468 e. The number of anilines is 1. The van der Waals surface area contributed by atoms with Crippen LogP contribution in [0.3, 0.4) is 0 Å². The minimum absolute atomic E-state index is 0.0516. The first-order valence-electron chi connectivity index (χ1n) is 5.87. The van der Waals surface area contributed by atoms with Gasteiger partial charge >= 0.3 is 11.9 Å². The predicted octanol–water partition coefficient (Wildman–Crippen LogP) is 0.612. The summed E-state index contributed by atoms with van der Waals surface area (Å²) in [7, 11) is 2.44. The number of carbonyl (C=O) groups is 2. The molecule has 0 aliphatic heterocycles. The summed E-state index contributed by atoms with van der Waals surface area (Å²) in [6.45, 7) is -0.459. The van der Waals surface area contributed by atoms with E-state index >= 15 is 0 Å². The monoisotopic (exact) mass is 314 g/mol. The Morgan fingerprint density at radius 2 is 1.76 bits per heavy atom. The first-order valence-corrected chi connectivity index (χ1v) is 6.27. The summed E-state index contributed by atoms with van der Waals surface area (Å²) >= 11 is 4.86. The quantitative estimate of drug-likeness (QED) is 0.608. The minimum atomic E-state index is -0.572. The number of benzene rings is 1. The van der Waals surface area contributed by atoms with Crippen LogP contribution in [0.2, 0.25) is 0 Å². The molecule has 0 aliphatic rings.